The van der Waals surface area contributed by atoms with Crippen LogP contribution in [0.5, 0.6) is 11.5 Å². The van der Waals surface area contributed by atoms with Crippen molar-refractivity contribution in [1.82, 2.24) is 4.90 Å². The van der Waals surface area contributed by atoms with Gasteiger partial charge in [-0.25, -0.2) is 4.39 Å². The van der Waals surface area contributed by atoms with Crippen molar-refractivity contribution in [2.75, 3.05) is 25.0 Å². The second-order valence-corrected chi connectivity index (χ2v) is 7.86. The quantitative estimate of drug-likeness (QED) is 0.605. The number of amides is 2. The average Bonchev–Trinajstić information content (AvgIpc) is 3.08. The third kappa shape index (κ3) is 5.72. The first-order valence-corrected chi connectivity index (χ1v) is 10.2. The molecule has 1 aliphatic rings. The van der Waals surface area contributed by atoms with Gasteiger partial charge in [0, 0.05) is 31.6 Å². The number of anilines is 1. The predicted octanol–water partition coefficient (Wildman–Crippen LogP) is 4.19. The predicted molar refractivity (Wildman–Crippen MR) is 113 cm³/mol. The van der Waals surface area contributed by atoms with Crippen molar-refractivity contribution in [3.8, 4) is 11.5 Å². The number of alkyl halides is 2. The first-order chi connectivity index (χ1) is 15.1. The maximum absolute atomic E-state index is 13.4. The Hall–Kier alpha value is -3.23. The van der Waals surface area contributed by atoms with E-state index in [9.17, 15) is 22.8 Å². The van der Waals surface area contributed by atoms with Crippen molar-refractivity contribution in [2.24, 2.45) is 0 Å². The number of hydrogen-bond acceptors (Lipinski definition) is 4. The summed E-state index contributed by atoms with van der Waals surface area (Å²) in [6.07, 6.45) is -0.0874. The van der Waals surface area contributed by atoms with Gasteiger partial charge >= 0.3 is 6.61 Å². The van der Waals surface area contributed by atoms with Gasteiger partial charge in [-0.3, -0.25) is 9.59 Å². The van der Waals surface area contributed by atoms with Crippen molar-refractivity contribution in [3.05, 3.63) is 53.8 Å². The first kappa shape index (κ1) is 23.4. The molecule has 1 heterocycles. The zero-order valence-electron chi connectivity index (χ0n) is 18.1. The Morgan fingerprint density at radius 1 is 1.16 bits per heavy atom. The number of benzene rings is 2. The molecule has 0 spiro atoms. The minimum absolute atomic E-state index is 0.0782. The Morgan fingerprint density at radius 2 is 1.91 bits per heavy atom. The van der Waals surface area contributed by atoms with Crippen molar-refractivity contribution in [2.45, 2.75) is 38.9 Å². The number of ether oxygens (including phenoxy) is 2. The van der Waals surface area contributed by atoms with Crippen LogP contribution in [-0.2, 0) is 9.59 Å². The fraction of sp³-hybridized carbons (Fsp3) is 0.391. The van der Waals surface area contributed by atoms with Crippen LogP contribution in [0, 0.1) is 5.82 Å². The highest BCUT2D eigenvalue weighted by atomic mass is 19.3. The molecule has 0 aliphatic carbocycles. The number of carbonyl (C=O) groups is 2. The SMILES string of the molecule is CC(C)Oc1cc([C@@H]2CC(=O)N(CC(=O)N(C)c3cccc(F)c3)C2)ccc1OC(F)F. The highest BCUT2D eigenvalue weighted by molar-refractivity contribution is 5.96. The van der Waals surface area contributed by atoms with Crippen LogP contribution in [0.2, 0.25) is 0 Å². The minimum atomic E-state index is -2.99. The zero-order valence-corrected chi connectivity index (χ0v) is 18.1. The molecular weight excluding hydrogens is 425 g/mol. The molecule has 1 saturated heterocycles. The molecule has 0 radical (unpaired) electrons. The molecule has 6 nitrogen and oxygen atoms in total. The summed E-state index contributed by atoms with van der Waals surface area (Å²) in [6.45, 7) is 0.683. The van der Waals surface area contributed by atoms with E-state index in [4.69, 9.17) is 4.74 Å². The molecule has 1 atom stereocenters. The van der Waals surface area contributed by atoms with Crippen LogP contribution in [0.4, 0.5) is 18.9 Å². The van der Waals surface area contributed by atoms with Crippen LogP contribution >= 0.6 is 0 Å². The fourth-order valence-electron chi connectivity index (χ4n) is 3.56. The number of rotatable bonds is 8. The lowest BCUT2D eigenvalue weighted by atomic mass is 9.98. The van der Waals surface area contributed by atoms with E-state index in [0.717, 1.165) is 5.56 Å². The van der Waals surface area contributed by atoms with Gasteiger partial charge in [0.25, 0.3) is 0 Å². The number of carbonyl (C=O) groups excluding carboxylic acids is 2. The Bertz CT molecular complexity index is 983. The molecular formula is C23H25F3N2O4. The van der Waals surface area contributed by atoms with E-state index in [1.165, 1.54) is 41.1 Å². The second kappa shape index (κ2) is 9.93. The van der Waals surface area contributed by atoms with E-state index in [1.54, 1.807) is 32.0 Å². The monoisotopic (exact) mass is 450 g/mol. The number of likely N-dealkylation sites (N-methyl/N-ethyl adjacent to an activating group) is 1. The summed E-state index contributed by atoms with van der Waals surface area (Å²) in [5.74, 6) is -1.15. The Balaban J connectivity index is 1.71. The molecule has 2 amide bonds. The van der Waals surface area contributed by atoms with Crippen LogP contribution in [0.25, 0.3) is 0 Å². The summed E-state index contributed by atoms with van der Waals surface area (Å²) in [5.41, 5.74) is 1.12. The maximum Gasteiger partial charge on any atom is 0.387 e. The van der Waals surface area contributed by atoms with Gasteiger partial charge in [0.05, 0.1) is 6.10 Å². The average molecular weight is 450 g/mol. The van der Waals surface area contributed by atoms with E-state index in [1.807, 2.05) is 0 Å². The van der Waals surface area contributed by atoms with E-state index in [2.05, 4.69) is 4.74 Å². The topological polar surface area (TPSA) is 59.1 Å². The van der Waals surface area contributed by atoms with E-state index < -0.39 is 12.4 Å². The molecule has 3 rings (SSSR count). The van der Waals surface area contributed by atoms with E-state index in [-0.39, 0.29) is 54.8 Å². The van der Waals surface area contributed by atoms with Gasteiger partial charge in [-0.1, -0.05) is 12.1 Å². The smallest absolute Gasteiger partial charge is 0.387 e. The normalized spacial score (nSPS) is 16.1. The van der Waals surface area contributed by atoms with Gasteiger partial charge in [-0.15, -0.1) is 0 Å². The molecule has 0 saturated carbocycles. The van der Waals surface area contributed by atoms with E-state index in [0.29, 0.717) is 5.69 Å². The van der Waals surface area contributed by atoms with Crippen LogP contribution in [0.3, 0.4) is 0 Å². The minimum Gasteiger partial charge on any atom is -0.487 e. The van der Waals surface area contributed by atoms with Crippen LogP contribution < -0.4 is 14.4 Å². The van der Waals surface area contributed by atoms with Gasteiger partial charge in [-0.2, -0.15) is 8.78 Å². The highest BCUT2D eigenvalue weighted by Gasteiger charge is 2.33. The Kier molecular flexibility index (Phi) is 7.27. The summed E-state index contributed by atoms with van der Waals surface area (Å²) in [7, 11) is 1.52. The first-order valence-electron chi connectivity index (χ1n) is 10.2. The van der Waals surface area contributed by atoms with Crippen LogP contribution in [0.1, 0.15) is 31.7 Å². The van der Waals surface area contributed by atoms with Gasteiger partial charge < -0.3 is 19.3 Å². The molecule has 0 bridgehead atoms. The lowest BCUT2D eigenvalue weighted by Crippen LogP contribution is -2.39. The Morgan fingerprint density at radius 3 is 2.56 bits per heavy atom. The number of likely N-dealkylation sites (tertiary alicyclic amines) is 1. The largest absolute Gasteiger partial charge is 0.487 e. The van der Waals surface area contributed by atoms with Crippen molar-refractivity contribution in [1.29, 1.82) is 0 Å². The van der Waals surface area contributed by atoms with E-state index >= 15 is 0 Å². The third-order valence-corrected chi connectivity index (χ3v) is 5.13. The van der Waals surface area contributed by atoms with Crippen molar-refractivity contribution < 1.29 is 32.2 Å². The van der Waals surface area contributed by atoms with Crippen LogP contribution in [-0.4, -0.2) is 49.6 Å². The molecule has 0 unspecified atom stereocenters. The van der Waals surface area contributed by atoms with Crippen LogP contribution in [0.15, 0.2) is 42.5 Å². The number of nitrogens with zero attached hydrogens (tertiary/aromatic N) is 2. The molecule has 172 valence electrons. The van der Waals surface area contributed by atoms with Crippen molar-refractivity contribution >= 4 is 17.5 Å². The van der Waals surface area contributed by atoms with Gasteiger partial charge in [0.2, 0.25) is 11.8 Å². The number of hydrogen-bond donors (Lipinski definition) is 0. The molecule has 1 fully saturated rings. The summed E-state index contributed by atoms with van der Waals surface area (Å²) in [4.78, 5) is 27.9. The molecule has 9 heteroatoms. The lowest BCUT2D eigenvalue weighted by Gasteiger charge is -2.22. The summed E-state index contributed by atoms with van der Waals surface area (Å²) in [6, 6.07) is 10.2. The molecule has 1 aliphatic heterocycles. The molecule has 0 aromatic heterocycles. The van der Waals surface area contributed by atoms with Gasteiger partial charge in [0.1, 0.15) is 12.4 Å². The van der Waals surface area contributed by atoms with Crippen molar-refractivity contribution in [3.63, 3.8) is 0 Å². The molecule has 2 aromatic rings. The summed E-state index contributed by atoms with van der Waals surface area (Å²) >= 11 is 0. The Labute approximate surface area is 184 Å². The summed E-state index contributed by atoms with van der Waals surface area (Å²) < 4.78 is 48.9. The highest BCUT2D eigenvalue weighted by Crippen LogP contribution is 2.36. The maximum atomic E-state index is 13.4. The molecule has 2 aromatic carbocycles. The summed E-state index contributed by atoms with van der Waals surface area (Å²) in [5, 5.41) is 0. The second-order valence-electron chi connectivity index (χ2n) is 7.86. The standard InChI is InChI=1S/C23H25F3N2O4/c1-14(2)31-20-9-15(7-8-19(20)32-23(25)26)16-10-21(29)28(12-16)13-22(30)27(3)18-6-4-5-17(24)11-18/h4-9,11,14,16,23H,10,12-13H2,1-3H3/t16-/m1/s1. The number of halogens is 3. The van der Waals surface area contributed by atoms with Gasteiger partial charge in [-0.05, 0) is 49.7 Å². The zero-order chi connectivity index (χ0) is 23.4. The fourth-order valence-corrected chi connectivity index (χ4v) is 3.56. The van der Waals surface area contributed by atoms with Gasteiger partial charge in [0.15, 0.2) is 11.5 Å². The lowest BCUT2D eigenvalue weighted by molar-refractivity contribution is -0.132. The molecule has 0 N–H and O–H groups in total. The third-order valence-electron chi connectivity index (χ3n) is 5.13. The molecule has 32 heavy (non-hydrogen) atoms.